The van der Waals surface area contributed by atoms with Gasteiger partial charge in [0, 0.05) is 18.8 Å². The van der Waals surface area contributed by atoms with Gasteiger partial charge in [-0.3, -0.25) is 0 Å². The normalized spacial score (nSPS) is 17.7. The maximum atomic E-state index is 5.85. The maximum Gasteiger partial charge on any atom is 0.134 e. The molecule has 1 aliphatic heterocycles. The monoisotopic (exact) mass is 315 g/mol. The van der Waals surface area contributed by atoms with Gasteiger partial charge in [-0.05, 0) is 37.9 Å². The Morgan fingerprint density at radius 2 is 2.04 bits per heavy atom. The maximum absolute atomic E-state index is 5.85. The van der Waals surface area contributed by atoms with Crippen molar-refractivity contribution in [2.75, 3.05) is 26.4 Å². The van der Waals surface area contributed by atoms with E-state index in [-0.39, 0.29) is 0 Å². The average molecular weight is 315 g/mol. The lowest BCUT2D eigenvalue weighted by atomic mass is 10.2. The van der Waals surface area contributed by atoms with E-state index in [4.69, 9.17) is 13.9 Å². The summed E-state index contributed by atoms with van der Waals surface area (Å²) in [5.41, 5.74) is 1.11. The molecular weight excluding hydrogens is 290 g/mol. The van der Waals surface area contributed by atoms with E-state index >= 15 is 0 Å². The Labute approximate surface area is 137 Å². The summed E-state index contributed by atoms with van der Waals surface area (Å²) in [6.45, 7) is 4.08. The zero-order valence-corrected chi connectivity index (χ0v) is 13.5. The molecule has 2 aromatic rings. The first-order chi connectivity index (χ1) is 11.4. The van der Waals surface area contributed by atoms with Gasteiger partial charge in [-0.1, -0.05) is 30.3 Å². The van der Waals surface area contributed by atoms with Gasteiger partial charge in [-0.25, -0.2) is 0 Å². The van der Waals surface area contributed by atoms with Crippen molar-refractivity contribution < 1.29 is 13.9 Å². The van der Waals surface area contributed by atoms with E-state index in [1.54, 1.807) is 0 Å². The smallest absolute Gasteiger partial charge is 0.134 e. The van der Waals surface area contributed by atoms with Gasteiger partial charge in [0.25, 0.3) is 0 Å². The highest BCUT2D eigenvalue weighted by Gasteiger charge is 2.14. The molecule has 124 valence electrons. The van der Waals surface area contributed by atoms with Crippen LogP contribution in [0.5, 0.6) is 0 Å². The molecule has 3 rings (SSSR count). The van der Waals surface area contributed by atoms with Crippen LogP contribution in [0.15, 0.2) is 46.9 Å². The molecule has 23 heavy (non-hydrogen) atoms. The van der Waals surface area contributed by atoms with Crippen LogP contribution in [-0.2, 0) is 16.0 Å². The molecule has 0 bridgehead atoms. The van der Waals surface area contributed by atoms with E-state index in [1.165, 1.54) is 6.42 Å². The van der Waals surface area contributed by atoms with Crippen LogP contribution in [0, 0.1) is 0 Å². The van der Waals surface area contributed by atoms with E-state index in [9.17, 15) is 0 Å². The van der Waals surface area contributed by atoms with Crippen LogP contribution in [0.1, 0.15) is 25.0 Å². The minimum absolute atomic E-state index is 0.322. The van der Waals surface area contributed by atoms with Crippen molar-refractivity contribution in [2.24, 2.45) is 0 Å². The highest BCUT2D eigenvalue weighted by molar-refractivity contribution is 5.57. The highest BCUT2D eigenvalue weighted by Crippen LogP contribution is 2.21. The molecule has 1 saturated heterocycles. The molecule has 1 aliphatic rings. The number of hydrogen-bond acceptors (Lipinski definition) is 4. The average Bonchev–Trinajstić information content (AvgIpc) is 3.26. The summed E-state index contributed by atoms with van der Waals surface area (Å²) in [5.74, 6) is 1.88. The van der Waals surface area contributed by atoms with Crippen molar-refractivity contribution in [1.82, 2.24) is 5.32 Å². The van der Waals surface area contributed by atoms with Crippen LogP contribution >= 0.6 is 0 Å². The molecular formula is C19H25NO3. The fourth-order valence-corrected chi connectivity index (χ4v) is 2.73. The second kappa shape index (κ2) is 8.87. The molecule has 0 aliphatic carbocycles. The Bertz CT molecular complexity index is 561. The topological polar surface area (TPSA) is 43.6 Å². The SMILES string of the molecule is c1ccc(-c2ccc(CNCCCOCC3CCCO3)o2)cc1. The van der Waals surface area contributed by atoms with Crippen LogP contribution in [0.2, 0.25) is 0 Å². The summed E-state index contributed by atoms with van der Waals surface area (Å²) >= 11 is 0. The molecule has 4 heteroatoms. The van der Waals surface area contributed by atoms with Crippen LogP contribution in [0.25, 0.3) is 11.3 Å². The van der Waals surface area contributed by atoms with Crippen molar-refractivity contribution in [3.63, 3.8) is 0 Å². The summed E-state index contributed by atoms with van der Waals surface area (Å²) in [6.07, 6.45) is 3.63. The Balaban J connectivity index is 1.28. The quantitative estimate of drug-likeness (QED) is 0.718. The van der Waals surface area contributed by atoms with Crippen molar-refractivity contribution in [1.29, 1.82) is 0 Å². The van der Waals surface area contributed by atoms with Crippen molar-refractivity contribution in [3.05, 3.63) is 48.2 Å². The summed E-state index contributed by atoms with van der Waals surface area (Å²) in [4.78, 5) is 0. The van der Waals surface area contributed by atoms with Gasteiger partial charge < -0.3 is 19.2 Å². The first-order valence-electron chi connectivity index (χ1n) is 8.46. The number of hydrogen-bond donors (Lipinski definition) is 1. The van der Waals surface area contributed by atoms with Crippen molar-refractivity contribution >= 4 is 0 Å². The first kappa shape index (κ1) is 16.2. The zero-order chi connectivity index (χ0) is 15.7. The molecule has 1 fully saturated rings. The summed E-state index contributed by atoms with van der Waals surface area (Å²) in [5, 5.41) is 3.39. The van der Waals surface area contributed by atoms with E-state index in [0.717, 1.165) is 62.8 Å². The fraction of sp³-hybridized carbons (Fsp3) is 0.474. The van der Waals surface area contributed by atoms with Gasteiger partial charge in [-0.15, -0.1) is 0 Å². The van der Waals surface area contributed by atoms with Gasteiger partial charge >= 0.3 is 0 Å². The lowest BCUT2D eigenvalue weighted by Crippen LogP contribution is -2.18. The molecule has 0 radical (unpaired) electrons. The summed E-state index contributed by atoms with van der Waals surface area (Å²) in [6, 6.07) is 14.2. The predicted molar refractivity (Wildman–Crippen MR) is 90.3 cm³/mol. The molecule has 0 saturated carbocycles. The number of benzene rings is 1. The predicted octanol–water partition coefficient (Wildman–Crippen LogP) is 3.62. The second-order valence-corrected chi connectivity index (χ2v) is 5.87. The Hall–Kier alpha value is -1.62. The van der Waals surface area contributed by atoms with Gasteiger partial charge in [0.15, 0.2) is 0 Å². The molecule has 0 spiro atoms. The van der Waals surface area contributed by atoms with E-state index < -0.39 is 0 Å². The zero-order valence-electron chi connectivity index (χ0n) is 13.5. The van der Waals surface area contributed by atoms with Crippen molar-refractivity contribution in [3.8, 4) is 11.3 Å². The molecule has 1 atom stereocenters. The number of rotatable bonds is 9. The fourth-order valence-electron chi connectivity index (χ4n) is 2.73. The molecule has 1 aromatic carbocycles. The number of ether oxygens (including phenoxy) is 2. The van der Waals surface area contributed by atoms with Crippen LogP contribution < -0.4 is 5.32 Å². The molecule has 1 aromatic heterocycles. The van der Waals surface area contributed by atoms with Gasteiger partial charge in [-0.2, -0.15) is 0 Å². The third-order valence-corrected chi connectivity index (χ3v) is 3.99. The molecule has 4 nitrogen and oxygen atoms in total. The van der Waals surface area contributed by atoms with E-state index in [1.807, 2.05) is 30.3 Å². The third-order valence-electron chi connectivity index (χ3n) is 3.99. The lowest BCUT2D eigenvalue weighted by molar-refractivity contribution is 0.0166. The third kappa shape index (κ3) is 5.20. The van der Waals surface area contributed by atoms with Gasteiger partial charge in [0.2, 0.25) is 0 Å². The van der Waals surface area contributed by atoms with Crippen LogP contribution in [-0.4, -0.2) is 32.5 Å². The van der Waals surface area contributed by atoms with E-state index in [2.05, 4.69) is 17.4 Å². The summed E-state index contributed by atoms with van der Waals surface area (Å²) in [7, 11) is 0. The minimum atomic E-state index is 0.322. The van der Waals surface area contributed by atoms with Crippen molar-refractivity contribution in [2.45, 2.75) is 31.9 Å². The molecule has 1 unspecified atom stereocenters. The number of furan rings is 1. The van der Waals surface area contributed by atoms with E-state index in [0.29, 0.717) is 6.10 Å². The second-order valence-electron chi connectivity index (χ2n) is 5.87. The Morgan fingerprint density at radius 3 is 2.87 bits per heavy atom. The minimum Gasteiger partial charge on any atom is -0.460 e. The molecule has 2 heterocycles. The number of nitrogens with one attached hydrogen (secondary N) is 1. The van der Waals surface area contributed by atoms with Crippen LogP contribution in [0.4, 0.5) is 0 Å². The highest BCUT2D eigenvalue weighted by atomic mass is 16.5. The molecule has 1 N–H and O–H groups in total. The Kier molecular flexibility index (Phi) is 6.26. The van der Waals surface area contributed by atoms with Gasteiger partial charge in [0.05, 0.1) is 19.3 Å². The van der Waals surface area contributed by atoms with Crippen LogP contribution in [0.3, 0.4) is 0 Å². The van der Waals surface area contributed by atoms with Gasteiger partial charge in [0.1, 0.15) is 11.5 Å². The Morgan fingerprint density at radius 1 is 1.13 bits per heavy atom. The largest absolute Gasteiger partial charge is 0.460 e. The lowest BCUT2D eigenvalue weighted by Gasteiger charge is -2.10. The standard InChI is InChI=1S/C19H25NO3/c1-2-6-16(7-3-1)19-10-9-17(23-19)14-20-11-5-12-21-15-18-8-4-13-22-18/h1-3,6-7,9-10,18,20H,4-5,8,11-15H2. The first-order valence-corrected chi connectivity index (χ1v) is 8.46. The molecule has 0 amide bonds. The summed E-state index contributed by atoms with van der Waals surface area (Å²) < 4.78 is 17.0.